The van der Waals surface area contributed by atoms with Crippen molar-refractivity contribution in [2.75, 3.05) is 13.1 Å². The van der Waals surface area contributed by atoms with Gasteiger partial charge in [0.2, 0.25) is 0 Å². The average Bonchev–Trinajstić information content (AvgIpc) is 2.61. The molecule has 0 atom stereocenters. The van der Waals surface area contributed by atoms with Crippen molar-refractivity contribution in [2.45, 2.75) is 31.6 Å². The van der Waals surface area contributed by atoms with Crippen molar-refractivity contribution in [1.29, 1.82) is 0 Å². The minimum absolute atomic E-state index is 0.107. The predicted octanol–water partition coefficient (Wildman–Crippen LogP) is 1.58. The Bertz CT molecular complexity index is 447. The molecule has 1 heterocycles. The van der Waals surface area contributed by atoms with Crippen molar-refractivity contribution in [2.24, 2.45) is 0 Å². The SMILES string of the molecule is CCN(CC)S(=O)(=O)c1cc(C)c(CO)s1. The minimum atomic E-state index is -3.37. The topological polar surface area (TPSA) is 57.6 Å². The Labute approximate surface area is 101 Å². The van der Waals surface area contributed by atoms with Crippen LogP contribution in [0.3, 0.4) is 0 Å². The third-order valence-electron chi connectivity index (χ3n) is 2.44. The summed E-state index contributed by atoms with van der Waals surface area (Å²) in [6, 6.07) is 1.63. The van der Waals surface area contributed by atoms with Gasteiger partial charge < -0.3 is 5.11 Å². The molecule has 0 spiro atoms. The van der Waals surface area contributed by atoms with E-state index < -0.39 is 10.0 Å². The number of aliphatic hydroxyl groups is 1. The van der Waals surface area contributed by atoms with E-state index in [1.165, 1.54) is 4.31 Å². The van der Waals surface area contributed by atoms with Gasteiger partial charge in [-0.3, -0.25) is 0 Å². The molecule has 0 fully saturated rings. The number of hydrogen-bond donors (Lipinski definition) is 1. The van der Waals surface area contributed by atoms with Crippen LogP contribution < -0.4 is 0 Å². The molecular weight excluding hydrogens is 246 g/mol. The fourth-order valence-electron chi connectivity index (χ4n) is 1.46. The number of hydrogen-bond acceptors (Lipinski definition) is 4. The first-order valence-electron chi connectivity index (χ1n) is 5.17. The molecule has 0 saturated heterocycles. The molecule has 1 rings (SSSR count). The van der Waals surface area contributed by atoms with Crippen molar-refractivity contribution in [3.63, 3.8) is 0 Å². The van der Waals surface area contributed by atoms with E-state index in [0.717, 1.165) is 16.9 Å². The molecule has 16 heavy (non-hydrogen) atoms. The average molecular weight is 263 g/mol. The number of aryl methyl sites for hydroxylation is 1. The molecule has 0 saturated carbocycles. The van der Waals surface area contributed by atoms with Gasteiger partial charge in [-0.15, -0.1) is 11.3 Å². The van der Waals surface area contributed by atoms with E-state index >= 15 is 0 Å². The highest BCUT2D eigenvalue weighted by Crippen LogP contribution is 2.28. The lowest BCUT2D eigenvalue weighted by Crippen LogP contribution is -2.29. The Balaban J connectivity index is 3.16. The highest BCUT2D eigenvalue weighted by Gasteiger charge is 2.24. The number of sulfonamides is 1. The summed E-state index contributed by atoms with van der Waals surface area (Å²) in [5.41, 5.74) is 0.832. The smallest absolute Gasteiger partial charge is 0.252 e. The van der Waals surface area contributed by atoms with E-state index in [4.69, 9.17) is 5.11 Å². The summed E-state index contributed by atoms with van der Waals surface area (Å²) in [4.78, 5) is 0.714. The summed E-state index contributed by atoms with van der Waals surface area (Å²) in [5, 5.41) is 9.05. The van der Waals surface area contributed by atoms with Gasteiger partial charge >= 0.3 is 0 Å². The molecular formula is C10H17NO3S2. The molecule has 1 aromatic rings. The molecule has 1 N–H and O–H groups in total. The van der Waals surface area contributed by atoms with Crippen LogP contribution in [-0.2, 0) is 16.6 Å². The third kappa shape index (κ3) is 2.45. The quantitative estimate of drug-likeness (QED) is 0.877. The van der Waals surface area contributed by atoms with Crippen molar-refractivity contribution in [1.82, 2.24) is 4.31 Å². The number of aliphatic hydroxyl groups excluding tert-OH is 1. The largest absolute Gasteiger partial charge is 0.391 e. The first-order valence-corrected chi connectivity index (χ1v) is 7.43. The molecule has 0 aliphatic carbocycles. The van der Waals surface area contributed by atoms with Crippen LogP contribution in [0.15, 0.2) is 10.3 Å². The third-order valence-corrected chi connectivity index (χ3v) is 6.16. The summed E-state index contributed by atoms with van der Waals surface area (Å²) in [7, 11) is -3.37. The fraction of sp³-hybridized carbons (Fsp3) is 0.600. The molecule has 0 radical (unpaired) electrons. The lowest BCUT2D eigenvalue weighted by atomic mass is 10.3. The van der Waals surface area contributed by atoms with Crippen LogP contribution in [0.5, 0.6) is 0 Å². The summed E-state index contributed by atoms with van der Waals surface area (Å²) in [5.74, 6) is 0. The second-order valence-corrected chi connectivity index (χ2v) is 6.72. The van der Waals surface area contributed by atoms with Crippen molar-refractivity contribution in [3.05, 3.63) is 16.5 Å². The standard InChI is InChI=1S/C10H17NO3S2/c1-4-11(5-2)16(13,14)10-6-8(3)9(7-12)15-10/h6,12H,4-5,7H2,1-3H3. The summed E-state index contributed by atoms with van der Waals surface area (Å²) >= 11 is 1.15. The first kappa shape index (κ1) is 13.6. The van der Waals surface area contributed by atoms with Crippen LogP contribution in [0.25, 0.3) is 0 Å². The Hall–Kier alpha value is -0.430. The molecule has 6 heteroatoms. The molecule has 0 aliphatic heterocycles. The molecule has 4 nitrogen and oxygen atoms in total. The highest BCUT2D eigenvalue weighted by atomic mass is 32.2. The maximum absolute atomic E-state index is 12.1. The lowest BCUT2D eigenvalue weighted by Gasteiger charge is -2.16. The zero-order valence-electron chi connectivity index (χ0n) is 9.73. The molecule has 0 aromatic carbocycles. The Kier molecular flexibility index (Phi) is 4.49. The molecule has 0 bridgehead atoms. The number of thiophene rings is 1. The first-order chi connectivity index (χ1) is 7.47. The zero-order valence-corrected chi connectivity index (χ0v) is 11.4. The van der Waals surface area contributed by atoms with Crippen LogP contribution in [0, 0.1) is 6.92 Å². The van der Waals surface area contributed by atoms with Gasteiger partial charge in [-0.05, 0) is 18.6 Å². The molecule has 1 aromatic heterocycles. The minimum Gasteiger partial charge on any atom is -0.391 e. The van der Waals surface area contributed by atoms with Gasteiger partial charge in [0, 0.05) is 18.0 Å². The van der Waals surface area contributed by atoms with Crippen molar-refractivity contribution < 1.29 is 13.5 Å². The van der Waals surface area contributed by atoms with Gasteiger partial charge in [0.15, 0.2) is 0 Å². The van der Waals surface area contributed by atoms with Gasteiger partial charge in [-0.1, -0.05) is 13.8 Å². The van der Waals surface area contributed by atoms with Gasteiger partial charge in [-0.2, -0.15) is 4.31 Å². The second-order valence-electron chi connectivity index (χ2n) is 3.42. The van der Waals surface area contributed by atoms with E-state index in [1.807, 2.05) is 20.8 Å². The van der Waals surface area contributed by atoms with Crippen LogP contribution >= 0.6 is 11.3 Å². The van der Waals surface area contributed by atoms with Gasteiger partial charge in [0.25, 0.3) is 10.0 Å². The van der Waals surface area contributed by atoms with Crippen molar-refractivity contribution >= 4 is 21.4 Å². The Morgan fingerprint density at radius 1 is 1.38 bits per heavy atom. The summed E-state index contributed by atoms with van der Waals surface area (Å²) < 4.78 is 26.0. The molecule has 0 unspecified atom stereocenters. The number of nitrogens with zero attached hydrogens (tertiary/aromatic N) is 1. The normalized spacial score (nSPS) is 12.3. The predicted molar refractivity (Wildman–Crippen MR) is 65.1 cm³/mol. The zero-order chi connectivity index (χ0) is 12.3. The van der Waals surface area contributed by atoms with E-state index in [9.17, 15) is 8.42 Å². The van der Waals surface area contributed by atoms with Crippen LogP contribution in [-0.4, -0.2) is 30.9 Å². The van der Waals surface area contributed by atoms with E-state index in [-0.39, 0.29) is 6.61 Å². The maximum Gasteiger partial charge on any atom is 0.252 e. The molecule has 0 aliphatic rings. The van der Waals surface area contributed by atoms with Crippen molar-refractivity contribution in [3.8, 4) is 0 Å². The fourth-order valence-corrected chi connectivity index (χ4v) is 4.53. The maximum atomic E-state index is 12.1. The van der Waals surface area contributed by atoms with Crippen LogP contribution in [0.2, 0.25) is 0 Å². The van der Waals surface area contributed by atoms with Gasteiger partial charge in [-0.25, -0.2) is 8.42 Å². The number of rotatable bonds is 5. The second kappa shape index (κ2) is 5.27. The summed E-state index contributed by atoms with van der Waals surface area (Å²) in [6.45, 7) is 6.25. The molecule has 92 valence electrons. The van der Waals surface area contributed by atoms with E-state index in [0.29, 0.717) is 22.2 Å². The lowest BCUT2D eigenvalue weighted by molar-refractivity contribution is 0.285. The van der Waals surface area contributed by atoms with E-state index in [1.54, 1.807) is 6.07 Å². The van der Waals surface area contributed by atoms with Crippen LogP contribution in [0.4, 0.5) is 0 Å². The monoisotopic (exact) mass is 263 g/mol. The Morgan fingerprint density at radius 3 is 2.31 bits per heavy atom. The highest BCUT2D eigenvalue weighted by molar-refractivity contribution is 7.91. The van der Waals surface area contributed by atoms with Gasteiger partial charge in [0.05, 0.1) is 6.61 Å². The van der Waals surface area contributed by atoms with Crippen LogP contribution in [0.1, 0.15) is 24.3 Å². The Morgan fingerprint density at radius 2 is 1.94 bits per heavy atom. The summed E-state index contributed by atoms with van der Waals surface area (Å²) in [6.07, 6.45) is 0. The van der Waals surface area contributed by atoms with Gasteiger partial charge in [0.1, 0.15) is 4.21 Å². The van der Waals surface area contributed by atoms with E-state index in [2.05, 4.69) is 0 Å². The molecule has 0 amide bonds.